The van der Waals surface area contributed by atoms with Gasteiger partial charge in [-0.25, -0.2) is 17.4 Å². The average molecular weight is 446 g/mol. The molecule has 5 rings (SSSR count). The summed E-state index contributed by atoms with van der Waals surface area (Å²) in [7, 11) is -2.29. The van der Waals surface area contributed by atoms with Crippen LogP contribution >= 0.6 is 0 Å². The molecule has 1 aliphatic heterocycles. The lowest BCUT2D eigenvalue weighted by Gasteiger charge is -2.12. The van der Waals surface area contributed by atoms with Gasteiger partial charge in [0, 0.05) is 42.2 Å². The van der Waals surface area contributed by atoms with E-state index < -0.39 is 16.3 Å². The summed E-state index contributed by atoms with van der Waals surface area (Å²) in [6.07, 6.45) is 5.72. The fourth-order valence-electron chi connectivity index (χ4n) is 4.03. The van der Waals surface area contributed by atoms with Crippen LogP contribution in [0, 0.1) is 0 Å². The predicted octanol–water partition coefficient (Wildman–Crippen LogP) is 3.68. The Morgan fingerprint density at radius 3 is 2.69 bits per heavy atom. The summed E-state index contributed by atoms with van der Waals surface area (Å²) >= 11 is 0. The molecule has 6 nitrogen and oxygen atoms in total. The minimum absolute atomic E-state index is 0.197. The van der Waals surface area contributed by atoms with E-state index in [4.69, 9.17) is 4.74 Å². The highest BCUT2D eigenvalue weighted by Crippen LogP contribution is 2.24. The van der Waals surface area contributed by atoms with Gasteiger partial charge in [0.15, 0.2) is 11.7 Å². The number of hydrogen-bond acceptors (Lipinski definition) is 4. The lowest BCUT2D eigenvalue weighted by atomic mass is 10.0. The smallest absolute Gasteiger partial charge is 0.269 e. The standard InChI is InChI=1S/C25H23N3O3S/c1-16(2)17-4-7-20(8-5-17)32(29,30)28-15-22(21-9-11-24(31-3)27-25(21)28)18-6-10-23-19(14-18)12-13-26-23/h4-10,12-15,24,26H,1,11H2,2-3H3. The van der Waals surface area contributed by atoms with Crippen molar-refractivity contribution in [2.45, 2.75) is 24.5 Å². The number of fused-ring (bicyclic) bond motifs is 2. The van der Waals surface area contributed by atoms with Crippen molar-refractivity contribution in [3.05, 3.63) is 83.8 Å². The number of methoxy groups -OCH3 is 1. The van der Waals surface area contributed by atoms with E-state index in [1.54, 1.807) is 37.6 Å². The van der Waals surface area contributed by atoms with Crippen molar-refractivity contribution < 1.29 is 13.2 Å². The third kappa shape index (κ3) is 3.30. The van der Waals surface area contributed by atoms with Gasteiger partial charge in [0.05, 0.1) is 4.90 Å². The van der Waals surface area contributed by atoms with Crippen LogP contribution in [0.3, 0.4) is 0 Å². The van der Waals surface area contributed by atoms with Crippen molar-refractivity contribution in [1.29, 1.82) is 0 Å². The SMILES string of the molecule is C=C(C)c1ccc(S(=O)(=O)n2cc(-c3ccc4[nH]ccc4c3)c3c2=NC(OC)CC=3)cc1. The number of benzene rings is 2. The molecule has 0 amide bonds. The third-order valence-electron chi connectivity index (χ3n) is 5.82. The van der Waals surface area contributed by atoms with Crippen LogP contribution in [-0.2, 0) is 14.8 Å². The van der Waals surface area contributed by atoms with E-state index in [-0.39, 0.29) is 4.90 Å². The second-order valence-electron chi connectivity index (χ2n) is 7.92. The predicted molar refractivity (Wildman–Crippen MR) is 126 cm³/mol. The molecule has 3 heterocycles. The van der Waals surface area contributed by atoms with E-state index in [1.165, 1.54) is 3.97 Å². The zero-order chi connectivity index (χ0) is 22.5. The Kier molecular flexibility index (Phi) is 4.87. The maximum absolute atomic E-state index is 13.6. The van der Waals surface area contributed by atoms with Gasteiger partial charge in [0.2, 0.25) is 0 Å². The zero-order valence-corrected chi connectivity index (χ0v) is 18.7. The molecule has 2 aromatic heterocycles. The molecule has 7 heteroatoms. The summed E-state index contributed by atoms with van der Waals surface area (Å²) in [5.74, 6) is 0. The molecule has 1 aliphatic rings. The molecule has 1 atom stereocenters. The fraction of sp³-hybridized carbons (Fsp3) is 0.160. The summed E-state index contributed by atoms with van der Waals surface area (Å²) in [5.41, 5.74) is 4.95. The maximum Gasteiger partial charge on any atom is 0.269 e. The number of nitrogens with one attached hydrogen (secondary N) is 1. The van der Waals surface area contributed by atoms with Crippen molar-refractivity contribution in [3.8, 4) is 11.1 Å². The summed E-state index contributed by atoms with van der Waals surface area (Å²) in [4.78, 5) is 7.99. The molecule has 0 aliphatic carbocycles. The number of H-pyrrole nitrogens is 1. The Morgan fingerprint density at radius 1 is 1.19 bits per heavy atom. The summed E-state index contributed by atoms with van der Waals surface area (Å²) < 4.78 is 33.9. The van der Waals surface area contributed by atoms with E-state index in [0.717, 1.165) is 38.4 Å². The molecule has 0 fully saturated rings. The molecule has 1 N–H and O–H groups in total. The van der Waals surface area contributed by atoms with Gasteiger partial charge in [0.1, 0.15) is 0 Å². The number of aromatic nitrogens is 2. The van der Waals surface area contributed by atoms with Gasteiger partial charge in [-0.1, -0.05) is 36.4 Å². The molecule has 0 radical (unpaired) electrons. The van der Waals surface area contributed by atoms with Crippen LogP contribution in [0.4, 0.5) is 0 Å². The van der Waals surface area contributed by atoms with Gasteiger partial charge in [-0.3, -0.25) is 0 Å². The van der Waals surface area contributed by atoms with Crippen LogP contribution in [0.2, 0.25) is 0 Å². The van der Waals surface area contributed by atoms with E-state index in [9.17, 15) is 8.42 Å². The molecule has 4 aromatic rings. The highest BCUT2D eigenvalue weighted by atomic mass is 32.2. The van der Waals surface area contributed by atoms with Crippen LogP contribution < -0.4 is 10.7 Å². The minimum atomic E-state index is -3.86. The van der Waals surface area contributed by atoms with Crippen molar-refractivity contribution in [2.24, 2.45) is 4.99 Å². The Labute approximate surface area is 186 Å². The minimum Gasteiger partial charge on any atom is -0.361 e. The second-order valence-corrected chi connectivity index (χ2v) is 9.74. The number of allylic oxidation sites excluding steroid dienone is 1. The highest BCUT2D eigenvalue weighted by Gasteiger charge is 2.24. The summed E-state index contributed by atoms with van der Waals surface area (Å²) in [6, 6.07) is 14.8. The Bertz CT molecular complexity index is 1580. The molecule has 1 unspecified atom stereocenters. The number of ether oxygens (including phenoxy) is 1. The molecule has 0 saturated heterocycles. The van der Waals surface area contributed by atoms with Crippen molar-refractivity contribution in [1.82, 2.24) is 8.96 Å². The summed E-state index contributed by atoms with van der Waals surface area (Å²) in [6.45, 7) is 5.80. The fourth-order valence-corrected chi connectivity index (χ4v) is 5.36. The number of hydrogen-bond donors (Lipinski definition) is 1. The highest BCUT2D eigenvalue weighted by molar-refractivity contribution is 7.90. The van der Waals surface area contributed by atoms with Crippen LogP contribution in [0.5, 0.6) is 0 Å². The van der Waals surface area contributed by atoms with Crippen LogP contribution in [0.15, 0.2) is 77.4 Å². The Balaban J connectivity index is 1.73. The first-order valence-corrected chi connectivity index (χ1v) is 11.7. The van der Waals surface area contributed by atoms with Gasteiger partial charge >= 0.3 is 0 Å². The van der Waals surface area contributed by atoms with Crippen molar-refractivity contribution >= 4 is 32.6 Å². The quantitative estimate of drug-likeness (QED) is 0.509. The average Bonchev–Trinajstić information content (AvgIpc) is 3.43. The molecule has 0 spiro atoms. The van der Waals surface area contributed by atoms with Gasteiger partial charge in [-0.15, -0.1) is 0 Å². The monoisotopic (exact) mass is 445 g/mol. The molecule has 32 heavy (non-hydrogen) atoms. The van der Waals surface area contributed by atoms with Crippen molar-refractivity contribution in [2.75, 3.05) is 7.11 Å². The second kappa shape index (κ2) is 7.62. The molecular weight excluding hydrogens is 422 g/mol. The topological polar surface area (TPSA) is 76.5 Å². The number of aromatic amines is 1. The van der Waals surface area contributed by atoms with E-state index in [1.807, 2.05) is 37.4 Å². The van der Waals surface area contributed by atoms with Crippen LogP contribution in [0.25, 0.3) is 33.7 Å². The molecule has 2 aromatic carbocycles. The van der Waals surface area contributed by atoms with Crippen molar-refractivity contribution in [3.63, 3.8) is 0 Å². The number of rotatable bonds is 5. The van der Waals surface area contributed by atoms with Gasteiger partial charge in [-0.2, -0.15) is 0 Å². The third-order valence-corrected chi connectivity index (χ3v) is 7.48. The first-order valence-electron chi connectivity index (χ1n) is 10.3. The lowest BCUT2D eigenvalue weighted by molar-refractivity contribution is 0.110. The molecule has 0 bridgehead atoms. The normalized spacial score (nSPS) is 15.8. The first-order chi connectivity index (χ1) is 15.4. The van der Waals surface area contributed by atoms with E-state index in [2.05, 4.69) is 22.6 Å². The number of nitrogens with zero attached hydrogens (tertiary/aromatic N) is 2. The zero-order valence-electron chi connectivity index (χ0n) is 17.9. The maximum atomic E-state index is 13.6. The molecular formula is C25H23N3O3S. The van der Waals surface area contributed by atoms with E-state index >= 15 is 0 Å². The van der Waals surface area contributed by atoms with Crippen LogP contribution in [0.1, 0.15) is 18.9 Å². The molecule has 162 valence electrons. The van der Waals surface area contributed by atoms with Gasteiger partial charge < -0.3 is 9.72 Å². The Hall–Kier alpha value is -3.42. The van der Waals surface area contributed by atoms with Crippen LogP contribution in [-0.4, -0.2) is 30.7 Å². The van der Waals surface area contributed by atoms with E-state index in [0.29, 0.717) is 11.9 Å². The van der Waals surface area contributed by atoms with Gasteiger partial charge in [-0.05, 0) is 53.8 Å². The first kappa shape index (κ1) is 20.5. The largest absolute Gasteiger partial charge is 0.361 e. The van der Waals surface area contributed by atoms with Gasteiger partial charge in [0.25, 0.3) is 10.0 Å². The Morgan fingerprint density at radius 2 is 1.97 bits per heavy atom. The summed E-state index contributed by atoms with van der Waals surface area (Å²) in [5, 5.41) is 1.86. The lowest BCUT2D eigenvalue weighted by Crippen LogP contribution is -2.38. The molecule has 0 saturated carbocycles.